The monoisotopic (exact) mass is 300 g/mol. The number of nitrogens with two attached hydrogens (primary N) is 1. The van der Waals surface area contributed by atoms with Crippen LogP contribution >= 0.6 is 0 Å². The summed E-state index contributed by atoms with van der Waals surface area (Å²) in [6.07, 6.45) is 1.62. The second kappa shape index (κ2) is 5.46. The van der Waals surface area contributed by atoms with Crippen LogP contribution in [0.5, 0.6) is 0 Å². The Kier molecular flexibility index (Phi) is 3.62. The van der Waals surface area contributed by atoms with Crippen LogP contribution in [0.2, 0.25) is 0 Å². The summed E-state index contributed by atoms with van der Waals surface area (Å²) in [5, 5.41) is 0.421. The zero-order valence-electron chi connectivity index (χ0n) is 12.9. The highest BCUT2D eigenvalue weighted by molar-refractivity contribution is 6.00. The van der Waals surface area contributed by atoms with E-state index in [2.05, 4.69) is 4.90 Å². The molecule has 0 radical (unpaired) electrons. The molecule has 0 unspecified atom stereocenters. The van der Waals surface area contributed by atoms with Crippen LogP contribution in [0, 0.1) is 0 Å². The molecule has 0 aliphatic carbocycles. The number of carbonyl (C=O) groups excluding carboxylic acids is 1. The number of rotatable bonds is 1. The molecule has 6 nitrogen and oxygen atoms in total. The van der Waals surface area contributed by atoms with Gasteiger partial charge in [0.15, 0.2) is 0 Å². The van der Waals surface area contributed by atoms with Gasteiger partial charge in [0, 0.05) is 45.1 Å². The largest absolute Gasteiger partial charge is 0.398 e. The van der Waals surface area contributed by atoms with Crippen LogP contribution < -0.4 is 11.2 Å². The van der Waals surface area contributed by atoms with Gasteiger partial charge in [-0.3, -0.25) is 9.59 Å². The SMILES string of the molecule is CN1CCN(C(=O)c2cn(C)c3cccc(N)c3c2=O)CC1. The lowest BCUT2D eigenvalue weighted by atomic mass is 10.1. The van der Waals surface area contributed by atoms with Gasteiger partial charge < -0.3 is 20.1 Å². The molecular weight excluding hydrogens is 280 g/mol. The molecule has 1 aromatic heterocycles. The number of amides is 1. The predicted molar refractivity (Wildman–Crippen MR) is 87.0 cm³/mol. The van der Waals surface area contributed by atoms with E-state index in [-0.39, 0.29) is 16.9 Å². The fraction of sp³-hybridized carbons (Fsp3) is 0.375. The second-order valence-electron chi connectivity index (χ2n) is 5.82. The molecule has 1 aliphatic rings. The zero-order chi connectivity index (χ0) is 15.9. The van der Waals surface area contributed by atoms with E-state index < -0.39 is 0 Å². The molecule has 1 saturated heterocycles. The minimum absolute atomic E-state index is 0.192. The number of hydrogen-bond donors (Lipinski definition) is 1. The molecule has 22 heavy (non-hydrogen) atoms. The summed E-state index contributed by atoms with van der Waals surface area (Å²) in [6, 6.07) is 5.32. The molecule has 2 heterocycles. The molecule has 2 N–H and O–H groups in total. The predicted octanol–water partition coefficient (Wildman–Crippen LogP) is 0.508. The van der Waals surface area contributed by atoms with Crippen molar-refractivity contribution in [3.8, 4) is 0 Å². The quantitative estimate of drug-likeness (QED) is 0.779. The first-order valence-electron chi connectivity index (χ1n) is 7.34. The van der Waals surface area contributed by atoms with Crippen LogP contribution in [0.15, 0.2) is 29.2 Å². The number of nitrogens with zero attached hydrogens (tertiary/aromatic N) is 3. The van der Waals surface area contributed by atoms with E-state index in [1.807, 2.05) is 20.2 Å². The minimum atomic E-state index is -0.282. The molecule has 0 spiro atoms. The highest BCUT2D eigenvalue weighted by Gasteiger charge is 2.24. The first kappa shape index (κ1) is 14.6. The van der Waals surface area contributed by atoms with Crippen molar-refractivity contribution >= 4 is 22.5 Å². The number of carbonyl (C=O) groups is 1. The molecule has 1 aliphatic heterocycles. The van der Waals surface area contributed by atoms with Gasteiger partial charge in [-0.1, -0.05) is 6.07 Å². The fourth-order valence-electron chi connectivity index (χ4n) is 2.89. The minimum Gasteiger partial charge on any atom is -0.398 e. The Morgan fingerprint density at radius 2 is 1.82 bits per heavy atom. The lowest BCUT2D eigenvalue weighted by Gasteiger charge is -2.32. The molecular formula is C16H20N4O2. The summed E-state index contributed by atoms with van der Waals surface area (Å²) in [4.78, 5) is 29.3. The fourth-order valence-corrected chi connectivity index (χ4v) is 2.89. The molecule has 1 aromatic carbocycles. The summed E-state index contributed by atoms with van der Waals surface area (Å²) in [6.45, 7) is 2.92. The average molecular weight is 300 g/mol. The molecule has 0 bridgehead atoms. The number of likely N-dealkylation sites (N-methyl/N-ethyl adjacent to an activating group) is 1. The van der Waals surface area contributed by atoms with Crippen molar-refractivity contribution in [3.63, 3.8) is 0 Å². The molecule has 1 fully saturated rings. The highest BCUT2D eigenvalue weighted by Crippen LogP contribution is 2.18. The number of aryl methyl sites for hydroxylation is 1. The average Bonchev–Trinajstić information content (AvgIpc) is 2.51. The maximum Gasteiger partial charge on any atom is 0.259 e. The number of fused-ring (bicyclic) bond motifs is 1. The van der Waals surface area contributed by atoms with E-state index in [1.54, 1.807) is 27.8 Å². The van der Waals surface area contributed by atoms with Crippen molar-refractivity contribution in [3.05, 3.63) is 40.2 Å². The normalized spacial score (nSPS) is 16.2. The molecule has 6 heteroatoms. The van der Waals surface area contributed by atoms with E-state index >= 15 is 0 Å². The Labute approximate surface area is 128 Å². The van der Waals surface area contributed by atoms with Crippen LogP contribution in [-0.2, 0) is 7.05 Å². The van der Waals surface area contributed by atoms with Gasteiger partial charge >= 0.3 is 0 Å². The number of nitrogen functional groups attached to an aromatic ring is 1. The summed E-state index contributed by atoms with van der Waals surface area (Å²) in [5.74, 6) is -0.209. The van der Waals surface area contributed by atoms with Gasteiger partial charge in [-0.05, 0) is 19.2 Å². The molecule has 116 valence electrons. The smallest absolute Gasteiger partial charge is 0.259 e. The second-order valence-corrected chi connectivity index (χ2v) is 5.82. The Bertz CT molecular complexity index is 789. The van der Waals surface area contributed by atoms with Crippen LogP contribution in [0.25, 0.3) is 10.9 Å². The summed E-state index contributed by atoms with van der Waals surface area (Å²) in [7, 11) is 3.85. The van der Waals surface area contributed by atoms with Crippen molar-refractivity contribution in [2.24, 2.45) is 7.05 Å². The summed E-state index contributed by atoms with van der Waals surface area (Å²) in [5.41, 5.74) is 7.00. The standard InChI is InChI=1S/C16H20N4O2/c1-18-6-8-20(9-7-18)16(22)11-10-19(2)13-5-3-4-12(17)14(13)15(11)21/h3-5,10H,6-9,17H2,1-2H3. The Morgan fingerprint density at radius 1 is 1.14 bits per heavy atom. The maximum atomic E-state index is 12.7. The number of benzene rings is 1. The van der Waals surface area contributed by atoms with Gasteiger partial charge in [-0.15, -0.1) is 0 Å². The highest BCUT2D eigenvalue weighted by atomic mass is 16.2. The third kappa shape index (κ3) is 2.35. The van der Waals surface area contributed by atoms with Gasteiger partial charge in [-0.25, -0.2) is 0 Å². The molecule has 2 aromatic rings. The van der Waals surface area contributed by atoms with Crippen molar-refractivity contribution in [1.82, 2.24) is 14.4 Å². The van der Waals surface area contributed by atoms with E-state index in [4.69, 9.17) is 5.73 Å². The molecule has 0 saturated carbocycles. The maximum absolute atomic E-state index is 12.7. The van der Waals surface area contributed by atoms with Gasteiger partial charge in [0.2, 0.25) is 5.43 Å². The molecule has 3 rings (SSSR count). The van der Waals surface area contributed by atoms with Crippen LogP contribution in [0.3, 0.4) is 0 Å². The number of hydrogen-bond acceptors (Lipinski definition) is 4. The van der Waals surface area contributed by atoms with Gasteiger partial charge in [0.05, 0.1) is 10.9 Å². The third-order valence-electron chi connectivity index (χ3n) is 4.27. The van der Waals surface area contributed by atoms with Gasteiger partial charge in [0.25, 0.3) is 5.91 Å². The summed E-state index contributed by atoms with van der Waals surface area (Å²) >= 11 is 0. The van der Waals surface area contributed by atoms with Crippen molar-refractivity contribution < 1.29 is 4.79 Å². The number of anilines is 1. The van der Waals surface area contributed by atoms with Crippen LogP contribution in [0.1, 0.15) is 10.4 Å². The van der Waals surface area contributed by atoms with Crippen molar-refractivity contribution in [2.75, 3.05) is 39.0 Å². The number of piperazine rings is 1. The van der Waals surface area contributed by atoms with Crippen molar-refractivity contribution in [1.29, 1.82) is 0 Å². The van der Waals surface area contributed by atoms with E-state index in [9.17, 15) is 9.59 Å². The first-order valence-corrected chi connectivity index (χ1v) is 7.34. The third-order valence-corrected chi connectivity index (χ3v) is 4.27. The van der Waals surface area contributed by atoms with Crippen molar-refractivity contribution in [2.45, 2.75) is 0 Å². The Hall–Kier alpha value is -2.34. The van der Waals surface area contributed by atoms with Crippen LogP contribution in [0.4, 0.5) is 5.69 Å². The van der Waals surface area contributed by atoms with E-state index in [0.29, 0.717) is 24.2 Å². The molecule has 0 atom stereocenters. The van der Waals surface area contributed by atoms with Gasteiger partial charge in [0.1, 0.15) is 5.56 Å². The number of aromatic nitrogens is 1. The lowest BCUT2D eigenvalue weighted by molar-refractivity contribution is 0.0662. The van der Waals surface area contributed by atoms with Crippen LogP contribution in [-0.4, -0.2) is 53.5 Å². The van der Waals surface area contributed by atoms with E-state index in [0.717, 1.165) is 18.6 Å². The lowest BCUT2D eigenvalue weighted by Crippen LogP contribution is -2.48. The number of pyridine rings is 1. The Balaban J connectivity index is 2.08. The summed E-state index contributed by atoms with van der Waals surface area (Å²) < 4.78 is 1.79. The zero-order valence-corrected chi connectivity index (χ0v) is 12.9. The Morgan fingerprint density at radius 3 is 2.50 bits per heavy atom. The van der Waals surface area contributed by atoms with E-state index in [1.165, 1.54) is 0 Å². The molecule has 1 amide bonds. The first-order chi connectivity index (χ1) is 10.5. The topological polar surface area (TPSA) is 71.6 Å². The van der Waals surface area contributed by atoms with Gasteiger partial charge in [-0.2, -0.15) is 0 Å².